The highest BCUT2D eigenvalue weighted by Gasteiger charge is 2.04. The van der Waals surface area contributed by atoms with Gasteiger partial charge in [0.05, 0.1) is 5.52 Å². The minimum absolute atomic E-state index is 0.248. The molecule has 2 aromatic rings. The van der Waals surface area contributed by atoms with Gasteiger partial charge in [-0.1, -0.05) is 25.1 Å². The van der Waals surface area contributed by atoms with Gasteiger partial charge >= 0.3 is 0 Å². The van der Waals surface area contributed by atoms with E-state index >= 15 is 0 Å². The second-order valence-corrected chi connectivity index (χ2v) is 5.18. The van der Waals surface area contributed by atoms with Gasteiger partial charge in [0, 0.05) is 17.3 Å². The van der Waals surface area contributed by atoms with Crippen molar-refractivity contribution >= 4 is 28.3 Å². The quantitative estimate of drug-likeness (QED) is 0.810. The minimum Gasteiger partial charge on any atom is -0.370 e. The van der Waals surface area contributed by atoms with Crippen molar-refractivity contribution < 1.29 is 0 Å². The molecule has 1 N–H and O–H groups in total. The second kappa shape index (κ2) is 6.05. The van der Waals surface area contributed by atoms with Crippen molar-refractivity contribution in [2.75, 3.05) is 11.9 Å². The molecule has 0 amide bonds. The van der Waals surface area contributed by atoms with Gasteiger partial charge in [0.25, 0.3) is 0 Å². The Bertz CT molecular complexity index is 525. The van der Waals surface area contributed by atoms with E-state index in [2.05, 4.69) is 36.3 Å². The second-order valence-electron chi connectivity index (χ2n) is 4.57. The molecule has 1 aromatic carbocycles. The van der Waals surface area contributed by atoms with Gasteiger partial charge in [-0.3, -0.25) is 0 Å². The zero-order valence-electron chi connectivity index (χ0n) is 10.9. The molecule has 1 unspecified atom stereocenters. The summed E-state index contributed by atoms with van der Waals surface area (Å²) in [6.45, 7) is 5.06. The molecule has 0 fully saturated rings. The number of aromatic nitrogens is 1. The summed E-state index contributed by atoms with van der Waals surface area (Å²) in [4.78, 5) is 4.64. The van der Waals surface area contributed by atoms with Crippen molar-refractivity contribution in [3.05, 3.63) is 35.9 Å². The predicted molar refractivity (Wildman–Crippen MR) is 79.5 cm³/mol. The summed E-state index contributed by atoms with van der Waals surface area (Å²) in [7, 11) is 0. The normalized spacial score (nSPS) is 12.6. The van der Waals surface area contributed by atoms with E-state index in [0.29, 0.717) is 0 Å². The monoisotopic (exact) mass is 262 g/mol. The van der Waals surface area contributed by atoms with Crippen LogP contribution in [-0.2, 0) is 0 Å². The van der Waals surface area contributed by atoms with Crippen LogP contribution in [0, 0.1) is 6.92 Å². The highest BCUT2D eigenvalue weighted by Crippen LogP contribution is 2.19. The Balaban J connectivity index is 2.10. The SMILES string of the molecule is CCC(Cl)CCNc1nc2ccccc2cc1C. The number of aryl methyl sites for hydroxylation is 1. The Labute approximate surface area is 113 Å². The molecule has 0 bridgehead atoms. The van der Waals surface area contributed by atoms with Crippen molar-refractivity contribution in [3.63, 3.8) is 0 Å². The summed E-state index contributed by atoms with van der Waals surface area (Å²) in [5, 5.41) is 4.81. The predicted octanol–water partition coefficient (Wildman–Crippen LogP) is 4.36. The fraction of sp³-hybridized carbons (Fsp3) is 0.400. The summed E-state index contributed by atoms with van der Waals surface area (Å²) in [5.41, 5.74) is 2.21. The molecule has 1 aromatic heterocycles. The fourth-order valence-corrected chi connectivity index (χ4v) is 2.06. The van der Waals surface area contributed by atoms with Gasteiger partial charge in [0.1, 0.15) is 5.82 Å². The molecule has 0 radical (unpaired) electrons. The van der Waals surface area contributed by atoms with Crippen molar-refractivity contribution in [1.82, 2.24) is 4.98 Å². The Hall–Kier alpha value is -1.28. The number of anilines is 1. The van der Waals surface area contributed by atoms with Crippen molar-refractivity contribution in [2.45, 2.75) is 32.1 Å². The van der Waals surface area contributed by atoms with E-state index in [-0.39, 0.29) is 5.38 Å². The molecule has 0 saturated carbocycles. The van der Waals surface area contributed by atoms with E-state index in [1.165, 1.54) is 10.9 Å². The zero-order chi connectivity index (χ0) is 13.0. The van der Waals surface area contributed by atoms with E-state index in [1.54, 1.807) is 0 Å². The van der Waals surface area contributed by atoms with Crippen LogP contribution in [-0.4, -0.2) is 16.9 Å². The van der Waals surface area contributed by atoms with Gasteiger partial charge in [0.2, 0.25) is 0 Å². The third kappa shape index (κ3) is 3.14. The molecule has 0 aliphatic rings. The summed E-state index contributed by atoms with van der Waals surface area (Å²) < 4.78 is 0. The molecule has 2 rings (SSSR count). The van der Waals surface area contributed by atoms with Gasteiger partial charge in [-0.2, -0.15) is 0 Å². The lowest BCUT2D eigenvalue weighted by Gasteiger charge is -2.11. The number of benzene rings is 1. The summed E-state index contributed by atoms with van der Waals surface area (Å²) >= 11 is 6.11. The van der Waals surface area contributed by atoms with Crippen molar-refractivity contribution in [1.29, 1.82) is 0 Å². The first kappa shape index (κ1) is 13.2. The Morgan fingerprint density at radius 3 is 2.89 bits per heavy atom. The van der Waals surface area contributed by atoms with E-state index in [0.717, 1.165) is 30.7 Å². The molecule has 2 nitrogen and oxygen atoms in total. The molecule has 0 aliphatic carbocycles. The molecule has 0 spiro atoms. The first-order valence-corrected chi connectivity index (χ1v) is 6.88. The number of hydrogen-bond donors (Lipinski definition) is 1. The number of para-hydroxylation sites is 1. The number of fused-ring (bicyclic) bond motifs is 1. The molecule has 0 aliphatic heterocycles. The number of nitrogens with one attached hydrogen (secondary N) is 1. The standard InChI is InChI=1S/C15H19ClN2/c1-3-13(16)8-9-17-15-11(2)10-12-6-4-5-7-14(12)18-15/h4-7,10,13H,3,8-9H2,1-2H3,(H,17,18). The number of pyridine rings is 1. The molecule has 1 atom stereocenters. The molecular formula is C15H19ClN2. The molecule has 3 heteroatoms. The Kier molecular flexibility index (Phi) is 4.43. The topological polar surface area (TPSA) is 24.9 Å². The summed E-state index contributed by atoms with van der Waals surface area (Å²) in [6, 6.07) is 10.3. The van der Waals surface area contributed by atoms with Crippen LogP contribution in [0.3, 0.4) is 0 Å². The van der Waals surface area contributed by atoms with E-state index in [9.17, 15) is 0 Å². The van der Waals surface area contributed by atoms with Gasteiger partial charge in [-0.15, -0.1) is 11.6 Å². The van der Waals surface area contributed by atoms with Gasteiger partial charge in [-0.05, 0) is 37.5 Å². The maximum absolute atomic E-state index is 6.11. The molecular weight excluding hydrogens is 244 g/mol. The molecule has 0 saturated heterocycles. The summed E-state index contributed by atoms with van der Waals surface area (Å²) in [6.07, 6.45) is 1.97. The first-order valence-electron chi connectivity index (χ1n) is 6.45. The Morgan fingerprint density at radius 1 is 1.33 bits per heavy atom. The van der Waals surface area contributed by atoms with Gasteiger partial charge in [-0.25, -0.2) is 4.98 Å². The third-order valence-electron chi connectivity index (χ3n) is 3.11. The van der Waals surface area contributed by atoms with Crippen LogP contribution in [0.2, 0.25) is 0 Å². The largest absolute Gasteiger partial charge is 0.370 e. The average Bonchev–Trinajstić information content (AvgIpc) is 2.39. The summed E-state index contributed by atoms with van der Waals surface area (Å²) in [5.74, 6) is 0.966. The van der Waals surface area contributed by atoms with E-state index in [1.807, 2.05) is 18.2 Å². The number of halogens is 1. The van der Waals surface area contributed by atoms with Crippen molar-refractivity contribution in [2.24, 2.45) is 0 Å². The van der Waals surface area contributed by atoms with Crippen LogP contribution in [0.5, 0.6) is 0 Å². The minimum atomic E-state index is 0.248. The maximum Gasteiger partial charge on any atom is 0.129 e. The molecule has 1 heterocycles. The van der Waals surface area contributed by atoms with Crippen LogP contribution in [0.25, 0.3) is 10.9 Å². The lowest BCUT2D eigenvalue weighted by Crippen LogP contribution is -2.10. The highest BCUT2D eigenvalue weighted by molar-refractivity contribution is 6.20. The highest BCUT2D eigenvalue weighted by atomic mass is 35.5. The molecule has 18 heavy (non-hydrogen) atoms. The smallest absolute Gasteiger partial charge is 0.129 e. The number of rotatable bonds is 5. The zero-order valence-corrected chi connectivity index (χ0v) is 11.7. The van der Waals surface area contributed by atoms with Gasteiger partial charge in [0.15, 0.2) is 0 Å². The lowest BCUT2D eigenvalue weighted by atomic mass is 10.1. The van der Waals surface area contributed by atoms with Crippen LogP contribution in [0.15, 0.2) is 30.3 Å². The maximum atomic E-state index is 6.11. The first-order chi connectivity index (χ1) is 8.70. The van der Waals surface area contributed by atoms with Crippen LogP contribution >= 0.6 is 11.6 Å². The van der Waals surface area contributed by atoms with E-state index < -0.39 is 0 Å². The van der Waals surface area contributed by atoms with Crippen LogP contribution < -0.4 is 5.32 Å². The van der Waals surface area contributed by atoms with E-state index in [4.69, 9.17) is 11.6 Å². The van der Waals surface area contributed by atoms with Crippen molar-refractivity contribution in [3.8, 4) is 0 Å². The number of hydrogen-bond acceptors (Lipinski definition) is 2. The lowest BCUT2D eigenvalue weighted by molar-refractivity contribution is 0.752. The average molecular weight is 263 g/mol. The fourth-order valence-electron chi connectivity index (χ4n) is 1.95. The van der Waals surface area contributed by atoms with Gasteiger partial charge < -0.3 is 5.32 Å². The number of alkyl halides is 1. The third-order valence-corrected chi connectivity index (χ3v) is 3.63. The molecule has 96 valence electrons. The van der Waals surface area contributed by atoms with Crippen LogP contribution in [0.1, 0.15) is 25.3 Å². The Morgan fingerprint density at radius 2 is 2.11 bits per heavy atom. The van der Waals surface area contributed by atoms with Crippen LogP contribution in [0.4, 0.5) is 5.82 Å². The number of nitrogens with zero attached hydrogens (tertiary/aromatic N) is 1.